The fourth-order valence-electron chi connectivity index (χ4n) is 6.61. The maximum absolute atomic E-state index is 12.6. The number of allylic oxidation sites excluding steroid dienone is 8. The second-order valence-corrected chi connectivity index (χ2v) is 17.8. The number of phosphoric ester groups is 1. The lowest BCUT2D eigenvalue weighted by atomic mass is 10.0. The molecule has 0 aromatic heterocycles. The third-order valence-corrected chi connectivity index (χ3v) is 11.3. The molecule has 0 fully saturated rings. The Hall–Kier alpha value is -2.63. The van der Waals surface area contributed by atoms with Crippen LogP contribution >= 0.6 is 7.82 Å². The summed E-state index contributed by atoms with van der Waals surface area (Å²) in [5, 5.41) is 20.0. The number of rotatable bonds is 45. The van der Waals surface area contributed by atoms with Crippen molar-refractivity contribution in [2.24, 2.45) is 5.73 Å². The highest BCUT2D eigenvalue weighted by atomic mass is 31.2. The molecule has 0 aliphatic rings. The lowest BCUT2D eigenvalue weighted by Gasteiger charge is -2.19. The zero-order valence-electron chi connectivity index (χ0n) is 39.5. The van der Waals surface area contributed by atoms with Crippen molar-refractivity contribution < 1.29 is 47.8 Å². The molecule has 0 radical (unpaired) electrons. The Morgan fingerprint density at radius 3 is 1.65 bits per heavy atom. The highest BCUT2D eigenvalue weighted by Gasteiger charge is 2.26. The van der Waals surface area contributed by atoms with Gasteiger partial charge in [-0.15, -0.1) is 0 Å². The molecule has 11 nitrogen and oxygen atoms in total. The zero-order chi connectivity index (χ0) is 46.3. The van der Waals surface area contributed by atoms with E-state index >= 15 is 0 Å². The molecule has 364 valence electrons. The molecule has 12 heteroatoms. The summed E-state index contributed by atoms with van der Waals surface area (Å²) in [7, 11) is -4.44. The van der Waals surface area contributed by atoms with E-state index in [1.807, 2.05) is 42.5 Å². The fourth-order valence-corrected chi connectivity index (χ4v) is 7.38. The van der Waals surface area contributed by atoms with Gasteiger partial charge in [0, 0.05) is 19.4 Å². The van der Waals surface area contributed by atoms with Crippen molar-refractivity contribution in [3.8, 4) is 0 Å². The Morgan fingerprint density at radius 2 is 1.11 bits per heavy atom. The molecule has 4 atom stereocenters. The van der Waals surface area contributed by atoms with Gasteiger partial charge in [-0.05, 0) is 38.5 Å². The van der Waals surface area contributed by atoms with Gasteiger partial charge in [0.1, 0.15) is 6.61 Å². The van der Waals surface area contributed by atoms with E-state index in [0.29, 0.717) is 32.1 Å². The van der Waals surface area contributed by atoms with Gasteiger partial charge in [-0.25, -0.2) is 4.57 Å². The molecule has 0 aliphatic carbocycles. The van der Waals surface area contributed by atoms with E-state index in [1.54, 1.807) is 30.4 Å². The van der Waals surface area contributed by atoms with Crippen LogP contribution in [0.1, 0.15) is 194 Å². The minimum absolute atomic E-state index is 0.0178. The molecule has 5 N–H and O–H groups in total. The number of unbranched alkanes of at least 4 members (excludes halogenated alkanes) is 21. The summed E-state index contributed by atoms with van der Waals surface area (Å²) in [6, 6.07) is 0. The number of aliphatic hydroxyl groups is 2. The molecule has 63 heavy (non-hydrogen) atoms. The molecular weight excluding hydrogens is 818 g/mol. The quantitative estimate of drug-likeness (QED) is 0.0150. The van der Waals surface area contributed by atoms with Gasteiger partial charge in [-0.1, -0.05) is 215 Å². The summed E-state index contributed by atoms with van der Waals surface area (Å²) >= 11 is 0. The van der Waals surface area contributed by atoms with E-state index in [1.165, 1.54) is 109 Å². The van der Waals surface area contributed by atoms with Crippen molar-refractivity contribution in [3.63, 3.8) is 0 Å². The molecule has 0 amide bonds. The molecule has 0 bridgehead atoms. The van der Waals surface area contributed by atoms with Gasteiger partial charge in [0.2, 0.25) is 0 Å². The Bertz CT molecular complexity index is 1300. The summed E-state index contributed by atoms with van der Waals surface area (Å²) in [6.07, 6.45) is 50.2. The highest BCUT2D eigenvalue weighted by Crippen LogP contribution is 2.43. The largest absolute Gasteiger partial charge is 0.472 e. The second-order valence-electron chi connectivity index (χ2n) is 16.4. The van der Waals surface area contributed by atoms with Crippen LogP contribution in [0.15, 0.2) is 72.9 Å². The van der Waals surface area contributed by atoms with Crippen LogP contribution in [0.5, 0.6) is 0 Å². The number of aliphatic hydroxyl groups excluding tert-OH is 2. The van der Waals surface area contributed by atoms with Gasteiger partial charge in [-0.3, -0.25) is 18.6 Å². The van der Waals surface area contributed by atoms with Crippen molar-refractivity contribution >= 4 is 19.8 Å². The second kappa shape index (κ2) is 45.9. The molecule has 0 heterocycles. The topological polar surface area (TPSA) is 175 Å². The molecule has 0 rings (SSSR count). The Kier molecular flexibility index (Phi) is 44.0. The van der Waals surface area contributed by atoms with E-state index in [0.717, 1.165) is 25.7 Å². The number of carbonyl (C=O) groups is 2. The van der Waals surface area contributed by atoms with Crippen LogP contribution in [0.4, 0.5) is 0 Å². The van der Waals surface area contributed by atoms with Crippen LogP contribution in [0.25, 0.3) is 0 Å². The third kappa shape index (κ3) is 45.7. The van der Waals surface area contributed by atoms with E-state index in [2.05, 4.69) is 13.8 Å². The van der Waals surface area contributed by atoms with Crippen LogP contribution in [0.3, 0.4) is 0 Å². The smallest absolute Gasteiger partial charge is 0.462 e. The molecule has 1 unspecified atom stereocenters. The van der Waals surface area contributed by atoms with E-state index in [4.69, 9.17) is 24.3 Å². The highest BCUT2D eigenvalue weighted by molar-refractivity contribution is 7.47. The zero-order valence-corrected chi connectivity index (χ0v) is 40.4. The SMILES string of the molecule is CC/C=C\C[C@H](O)/C=C/C=C\C/C=C\C=C\[C@H](O)/C=C\CCCC(=O)O[C@H](COC(=O)CCCCCCCCCCCCCCCCCCCCCCC)COP(=O)(O)OCCN. The molecule has 0 aromatic rings. The number of ether oxygens (including phenoxy) is 2. The maximum atomic E-state index is 12.6. The minimum Gasteiger partial charge on any atom is -0.462 e. The third-order valence-electron chi connectivity index (χ3n) is 10.3. The number of hydrogen-bond donors (Lipinski definition) is 4. The number of hydrogen-bond acceptors (Lipinski definition) is 10. The normalized spacial score (nSPS) is 14.8. The molecule has 0 saturated heterocycles. The fraction of sp³-hybridized carbons (Fsp3) is 0.725. The van der Waals surface area contributed by atoms with E-state index < -0.39 is 44.7 Å². The molecule has 0 saturated carbocycles. The van der Waals surface area contributed by atoms with Crippen molar-refractivity contribution in [2.45, 2.75) is 212 Å². The number of esters is 2. The van der Waals surface area contributed by atoms with Crippen LogP contribution in [0, 0.1) is 0 Å². The van der Waals surface area contributed by atoms with Crippen LogP contribution < -0.4 is 5.73 Å². The Morgan fingerprint density at radius 1 is 0.587 bits per heavy atom. The first-order valence-electron chi connectivity index (χ1n) is 24.6. The lowest BCUT2D eigenvalue weighted by molar-refractivity contribution is -0.161. The summed E-state index contributed by atoms with van der Waals surface area (Å²) < 4.78 is 32.7. The Balaban J connectivity index is 4.28. The lowest BCUT2D eigenvalue weighted by Crippen LogP contribution is -2.29. The Labute approximate surface area is 383 Å². The average molecular weight is 908 g/mol. The van der Waals surface area contributed by atoms with E-state index in [9.17, 15) is 29.3 Å². The number of nitrogens with two attached hydrogens (primary N) is 1. The monoisotopic (exact) mass is 908 g/mol. The predicted molar refractivity (Wildman–Crippen MR) is 259 cm³/mol. The van der Waals surface area contributed by atoms with Gasteiger partial charge in [0.15, 0.2) is 6.10 Å². The van der Waals surface area contributed by atoms with Crippen molar-refractivity contribution in [1.82, 2.24) is 0 Å². The standard InChI is InChI=1S/C51H90NO10P/c1-3-5-7-8-9-10-11-12-13-14-15-16-17-18-19-20-21-22-26-29-35-41-50(55)59-45-49(46-61-63(57,58)60-44-43-52)62-51(56)42-36-30-34-40-48(54)39-33-28-25-23-24-27-32-38-47(53)37-31-6-4-2/h6,24-25,27-28,31-34,38-40,47-49,53-54H,3-5,7-23,26,29-30,35-37,41-46,52H2,1-2H3,(H,57,58)/b27-24-,28-25-,31-6-,38-32+,39-33+,40-34-/t47-,48-,49+/m0/s1. The number of phosphoric acid groups is 1. The maximum Gasteiger partial charge on any atom is 0.472 e. The van der Waals surface area contributed by atoms with Gasteiger partial charge in [-0.2, -0.15) is 0 Å². The first-order valence-corrected chi connectivity index (χ1v) is 26.1. The van der Waals surface area contributed by atoms with Gasteiger partial charge in [0.05, 0.1) is 25.4 Å². The van der Waals surface area contributed by atoms with Gasteiger partial charge < -0.3 is 30.3 Å². The predicted octanol–water partition coefficient (Wildman–Crippen LogP) is 12.6. The number of carbonyl (C=O) groups excluding carboxylic acids is 2. The van der Waals surface area contributed by atoms with Crippen LogP contribution in [-0.2, 0) is 32.7 Å². The first kappa shape index (κ1) is 60.4. The summed E-state index contributed by atoms with van der Waals surface area (Å²) in [5.74, 6) is -1.01. The van der Waals surface area contributed by atoms with E-state index in [-0.39, 0.29) is 32.6 Å². The molecule has 0 aliphatic heterocycles. The first-order chi connectivity index (χ1) is 30.6. The molecule has 0 aromatic carbocycles. The summed E-state index contributed by atoms with van der Waals surface area (Å²) in [6.45, 7) is 3.33. The van der Waals surface area contributed by atoms with Crippen LogP contribution in [0.2, 0.25) is 0 Å². The summed E-state index contributed by atoms with van der Waals surface area (Å²) in [5.41, 5.74) is 5.35. The van der Waals surface area contributed by atoms with Gasteiger partial charge >= 0.3 is 19.8 Å². The average Bonchev–Trinajstić information content (AvgIpc) is 3.26. The molecule has 0 spiro atoms. The minimum atomic E-state index is -4.44. The van der Waals surface area contributed by atoms with Gasteiger partial charge in [0.25, 0.3) is 0 Å². The van der Waals surface area contributed by atoms with Crippen molar-refractivity contribution in [3.05, 3.63) is 72.9 Å². The van der Waals surface area contributed by atoms with Crippen LogP contribution in [-0.4, -0.2) is 71.7 Å². The van der Waals surface area contributed by atoms with Crippen molar-refractivity contribution in [1.29, 1.82) is 0 Å². The molecular formula is C51H90NO10P. The van der Waals surface area contributed by atoms with Crippen molar-refractivity contribution in [2.75, 3.05) is 26.4 Å². The summed E-state index contributed by atoms with van der Waals surface area (Å²) in [4.78, 5) is 35.0.